The van der Waals surface area contributed by atoms with E-state index in [1.54, 1.807) is 13.8 Å². The molecule has 22 heavy (non-hydrogen) atoms. The Morgan fingerprint density at radius 1 is 0.909 bits per heavy atom. The third-order valence-electron chi connectivity index (χ3n) is 3.18. The van der Waals surface area contributed by atoms with Gasteiger partial charge in [-0.1, -0.05) is 41.5 Å². The molecule has 0 fully saturated rings. The van der Waals surface area contributed by atoms with Gasteiger partial charge in [-0.15, -0.1) is 0 Å². The van der Waals surface area contributed by atoms with Crippen molar-refractivity contribution in [1.82, 2.24) is 10.6 Å². The summed E-state index contributed by atoms with van der Waals surface area (Å²) < 4.78 is 0. The molecule has 0 aliphatic heterocycles. The van der Waals surface area contributed by atoms with Gasteiger partial charge in [0, 0.05) is 6.42 Å². The topological polar surface area (TPSA) is 95.5 Å². The highest BCUT2D eigenvalue weighted by atomic mass is 16.4. The minimum Gasteiger partial charge on any atom is -0.480 e. The second kappa shape index (κ2) is 9.43. The number of carbonyl (C=O) groups excluding carboxylic acids is 2. The third kappa shape index (κ3) is 8.00. The Balaban J connectivity index is 4.90. The lowest BCUT2D eigenvalue weighted by molar-refractivity contribution is -0.143. The van der Waals surface area contributed by atoms with Crippen molar-refractivity contribution in [1.29, 1.82) is 0 Å². The van der Waals surface area contributed by atoms with Crippen LogP contribution in [0.4, 0.5) is 0 Å². The van der Waals surface area contributed by atoms with Crippen molar-refractivity contribution in [2.45, 2.75) is 66.5 Å². The summed E-state index contributed by atoms with van der Waals surface area (Å²) in [4.78, 5) is 35.4. The van der Waals surface area contributed by atoms with Crippen LogP contribution in [0.3, 0.4) is 0 Å². The molecule has 0 saturated heterocycles. The number of aliphatic carboxylic acids is 1. The number of amides is 2. The fraction of sp³-hybridized carbons (Fsp3) is 0.812. The van der Waals surface area contributed by atoms with Crippen LogP contribution in [-0.2, 0) is 14.4 Å². The van der Waals surface area contributed by atoms with Crippen molar-refractivity contribution in [2.24, 2.45) is 17.8 Å². The number of carboxylic acid groups (broad SMARTS) is 1. The van der Waals surface area contributed by atoms with Crippen molar-refractivity contribution >= 4 is 17.8 Å². The molecule has 2 amide bonds. The van der Waals surface area contributed by atoms with Crippen LogP contribution in [0.5, 0.6) is 0 Å². The Bertz CT molecular complexity index is 392. The van der Waals surface area contributed by atoms with Crippen LogP contribution in [0.25, 0.3) is 0 Å². The van der Waals surface area contributed by atoms with E-state index in [9.17, 15) is 14.4 Å². The zero-order chi connectivity index (χ0) is 17.4. The normalized spacial score (nSPS) is 14.0. The molecule has 6 heteroatoms. The van der Waals surface area contributed by atoms with Gasteiger partial charge in [0.2, 0.25) is 11.8 Å². The van der Waals surface area contributed by atoms with Gasteiger partial charge in [-0.05, 0) is 24.2 Å². The average molecular weight is 314 g/mol. The molecular weight excluding hydrogens is 284 g/mol. The maximum atomic E-state index is 12.3. The number of hydrogen-bond donors (Lipinski definition) is 3. The van der Waals surface area contributed by atoms with E-state index in [-0.39, 0.29) is 23.7 Å². The fourth-order valence-corrected chi connectivity index (χ4v) is 2.09. The molecule has 0 heterocycles. The molecule has 0 aliphatic rings. The van der Waals surface area contributed by atoms with E-state index in [1.807, 2.05) is 27.7 Å². The number of rotatable bonds is 9. The first-order valence-electron chi connectivity index (χ1n) is 7.87. The Hall–Kier alpha value is -1.59. The summed E-state index contributed by atoms with van der Waals surface area (Å²) in [5, 5.41) is 14.4. The highest BCUT2D eigenvalue weighted by Gasteiger charge is 2.28. The lowest BCUT2D eigenvalue weighted by Crippen LogP contribution is -2.53. The van der Waals surface area contributed by atoms with Crippen LogP contribution in [0.2, 0.25) is 0 Å². The van der Waals surface area contributed by atoms with Crippen molar-refractivity contribution < 1.29 is 19.5 Å². The van der Waals surface area contributed by atoms with Gasteiger partial charge in [-0.25, -0.2) is 4.79 Å². The summed E-state index contributed by atoms with van der Waals surface area (Å²) in [6.45, 7) is 11.2. The summed E-state index contributed by atoms with van der Waals surface area (Å²) >= 11 is 0. The first-order valence-corrected chi connectivity index (χ1v) is 7.87. The zero-order valence-electron chi connectivity index (χ0n) is 14.5. The van der Waals surface area contributed by atoms with E-state index in [4.69, 9.17) is 5.11 Å². The van der Waals surface area contributed by atoms with E-state index in [0.29, 0.717) is 12.8 Å². The molecule has 0 spiro atoms. The molecule has 0 bridgehead atoms. The van der Waals surface area contributed by atoms with Gasteiger partial charge in [-0.2, -0.15) is 0 Å². The van der Waals surface area contributed by atoms with E-state index < -0.39 is 24.0 Å². The fourth-order valence-electron chi connectivity index (χ4n) is 2.09. The molecule has 0 aliphatic carbocycles. The highest BCUT2D eigenvalue weighted by Crippen LogP contribution is 2.09. The molecule has 0 aromatic heterocycles. The molecule has 2 atom stereocenters. The van der Waals surface area contributed by atoms with Crippen molar-refractivity contribution in [3.8, 4) is 0 Å². The summed E-state index contributed by atoms with van der Waals surface area (Å²) in [6, 6.07) is -1.66. The molecule has 2 unspecified atom stereocenters. The Morgan fingerprint density at radius 2 is 1.45 bits per heavy atom. The van der Waals surface area contributed by atoms with E-state index >= 15 is 0 Å². The minimum atomic E-state index is -1.07. The second-order valence-corrected chi connectivity index (χ2v) is 6.92. The number of hydrogen-bond acceptors (Lipinski definition) is 3. The van der Waals surface area contributed by atoms with Gasteiger partial charge in [-0.3, -0.25) is 9.59 Å². The second-order valence-electron chi connectivity index (χ2n) is 6.92. The Morgan fingerprint density at radius 3 is 1.82 bits per heavy atom. The number of carbonyl (C=O) groups is 3. The molecule has 0 radical (unpaired) electrons. The molecule has 0 rings (SSSR count). The van der Waals surface area contributed by atoms with Crippen molar-refractivity contribution in [3.05, 3.63) is 0 Å². The van der Waals surface area contributed by atoms with Gasteiger partial charge in [0.15, 0.2) is 0 Å². The molecule has 6 nitrogen and oxygen atoms in total. The van der Waals surface area contributed by atoms with Gasteiger partial charge < -0.3 is 15.7 Å². The molecule has 3 N–H and O–H groups in total. The smallest absolute Gasteiger partial charge is 0.326 e. The monoisotopic (exact) mass is 314 g/mol. The first kappa shape index (κ1) is 20.4. The SMILES string of the molecule is CC(C)CC(=O)NC(CC(C)C)C(=O)NC(C(=O)O)C(C)C. The van der Waals surface area contributed by atoms with Crippen LogP contribution >= 0.6 is 0 Å². The Labute approximate surface area is 133 Å². The summed E-state index contributed by atoms with van der Waals surface area (Å²) in [6.07, 6.45) is 0.814. The minimum absolute atomic E-state index is 0.188. The van der Waals surface area contributed by atoms with Gasteiger partial charge in [0.25, 0.3) is 0 Å². The quantitative estimate of drug-likeness (QED) is 0.604. The van der Waals surface area contributed by atoms with Crippen molar-refractivity contribution in [3.63, 3.8) is 0 Å². The molecule has 0 aromatic rings. The van der Waals surface area contributed by atoms with Crippen LogP contribution in [0, 0.1) is 17.8 Å². The lowest BCUT2D eigenvalue weighted by atomic mass is 10.00. The average Bonchev–Trinajstić information content (AvgIpc) is 2.32. The summed E-state index contributed by atoms with van der Waals surface area (Å²) in [7, 11) is 0. The van der Waals surface area contributed by atoms with Crippen LogP contribution in [0.15, 0.2) is 0 Å². The predicted molar refractivity (Wildman–Crippen MR) is 85.2 cm³/mol. The molecule has 0 saturated carbocycles. The highest BCUT2D eigenvalue weighted by molar-refractivity contribution is 5.90. The van der Waals surface area contributed by atoms with E-state index in [2.05, 4.69) is 10.6 Å². The largest absolute Gasteiger partial charge is 0.480 e. The Kier molecular flexibility index (Phi) is 8.75. The lowest BCUT2D eigenvalue weighted by Gasteiger charge is -2.24. The predicted octanol–water partition coefficient (Wildman–Crippen LogP) is 1.79. The number of carboxylic acids is 1. The van der Waals surface area contributed by atoms with Crippen LogP contribution < -0.4 is 10.6 Å². The standard InChI is InChI=1S/C16H30N2O4/c1-9(2)7-12(17-13(19)8-10(3)4)15(20)18-14(11(5)6)16(21)22/h9-12,14H,7-8H2,1-6H3,(H,17,19)(H,18,20)(H,21,22). The molecule has 0 aromatic carbocycles. The summed E-state index contributed by atoms with van der Waals surface area (Å²) in [5.74, 6) is -1.52. The summed E-state index contributed by atoms with van der Waals surface area (Å²) in [5.41, 5.74) is 0. The third-order valence-corrected chi connectivity index (χ3v) is 3.18. The van der Waals surface area contributed by atoms with Gasteiger partial charge in [0.05, 0.1) is 0 Å². The molecular formula is C16H30N2O4. The van der Waals surface area contributed by atoms with E-state index in [0.717, 1.165) is 0 Å². The van der Waals surface area contributed by atoms with Crippen molar-refractivity contribution in [2.75, 3.05) is 0 Å². The first-order chi connectivity index (χ1) is 10.0. The number of nitrogens with one attached hydrogen (secondary N) is 2. The van der Waals surface area contributed by atoms with Gasteiger partial charge >= 0.3 is 5.97 Å². The van der Waals surface area contributed by atoms with Crippen LogP contribution in [0.1, 0.15) is 54.4 Å². The van der Waals surface area contributed by atoms with Gasteiger partial charge in [0.1, 0.15) is 12.1 Å². The maximum absolute atomic E-state index is 12.3. The molecule has 128 valence electrons. The maximum Gasteiger partial charge on any atom is 0.326 e. The van der Waals surface area contributed by atoms with E-state index in [1.165, 1.54) is 0 Å². The van der Waals surface area contributed by atoms with Crippen LogP contribution in [-0.4, -0.2) is 35.0 Å². The zero-order valence-corrected chi connectivity index (χ0v) is 14.5.